The van der Waals surface area contributed by atoms with E-state index < -0.39 is 0 Å². The zero-order chi connectivity index (χ0) is 15.4. The van der Waals surface area contributed by atoms with Crippen LogP contribution in [0.25, 0.3) is 0 Å². The van der Waals surface area contributed by atoms with Gasteiger partial charge in [0.25, 0.3) is 5.91 Å². The van der Waals surface area contributed by atoms with E-state index in [1.807, 2.05) is 24.1 Å². The summed E-state index contributed by atoms with van der Waals surface area (Å²) in [6.07, 6.45) is 4.43. The van der Waals surface area contributed by atoms with Crippen molar-refractivity contribution in [2.75, 3.05) is 26.2 Å². The molecule has 1 fully saturated rings. The fraction of sp³-hybridized carbons (Fsp3) is 0.467. The van der Waals surface area contributed by atoms with Crippen LogP contribution in [0, 0.1) is 0 Å². The van der Waals surface area contributed by atoms with Crippen LogP contribution in [-0.4, -0.2) is 56.5 Å². The maximum absolute atomic E-state index is 12.5. The van der Waals surface area contributed by atoms with E-state index in [4.69, 9.17) is 0 Å². The van der Waals surface area contributed by atoms with Gasteiger partial charge in [-0.2, -0.15) is 0 Å². The molecule has 1 aliphatic rings. The minimum Gasteiger partial charge on any atom is -0.335 e. The Morgan fingerprint density at radius 1 is 1.32 bits per heavy atom. The average molecular weight is 317 g/mol. The van der Waals surface area contributed by atoms with Crippen LogP contribution in [0.15, 0.2) is 24.5 Å². The largest absolute Gasteiger partial charge is 0.335 e. The van der Waals surface area contributed by atoms with E-state index in [9.17, 15) is 4.79 Å². The van der Waals surface area contributed by atoms with Crippen LogP contribution in [0.1, 0.15) is 27.9 Å². The molecule has 0 N–H and O–H groups in total. The van der Waals surface area contributed by atoms with Gasteiger partial charge in [0.1, 0.15) is 4.88 Å². The Morgan fingerprint density at radius 2 is 2.14 bits per heavy atom. The lowest BCUT2D eigenvalue weighted by molar-refractivity contribution is 0.0632. The first kappa shape index (κ1) is 15.1. The Bertz CT molecular complexity index is 622. The van der Waals surface area contributed by atoms with Crippen molar-refractivity contribution in [3.63, 3.8) is 0 Å². The molecule has 0 aromatic carbocycles. The van der Waals surface area contributed by atoms with Crippen LogP contribution in [0.3, 0.4) is 0 Å². The second-order valence-corrected chi connectivity index (χ2v) is 6.09. The molecule has 22 heavy (non-hydrogen) atoms. The quantitative estimate of drug-likeness (QED) is 0.854. The van der Waals surface area contributed by atoms with Gasteiger partial charge in [0.2, 0.25) is 0 Å². The molecular formula is C15H19N5OS. The summed E-state index contributed by atoms with van der Waals surface area (Å²) in [5.41, 5.74) is 2.02. The first-order chi connectivity index (χ1) is 10.8. The van der Waals surface area contributed by atoms with Crippen molar-refractivity contribution in [1.82, 2.24) is 24.4 Å². The number of amides is 1. The first-order valence-corrected chi connectivity index (χ1v) is 8.27. The van der Waals surface area contributed by atoms with E-state index in [0.29, 0.717) is 4.88 Å². The summed E-state index contributed by atoms with van der Waals surface area (Å²) >= 11 is 1.21. The number of carbonyl (C=O) groups is 1. The Kier molecular flexibility index (Phi) is 4.74. The average Bonchev–Trinajstić information content (AvgIpc) is 3.04. The highest BCUT2D eigenvalue weighted by molar-refractivity contribution is 7.08. The number of carbonyl (C=O) groups excluding carboxylic acids is 1. The maximum atomic E-state index is 12.5. The molecule has 6 nitrogen and oxygen atoms in total. The molecule has 0 aliphatic carbocycles. The summed E-state index contributed by atoms with van der Waals surface area (Å²) in [5.74, 6) is 0.0767. The molecule has 0 atom stereocenters. The predicted octanol–water partition coefficient (Wildman–Crippen LogP) is 1.45. The topological polar surface area (TPSA) is 62.2 Å². The maximum Gasteiger partial charge on any atom is 0.267 e. The van der Waals surface area contributed by atoms with Gasteiger partial charge in [-0.15, -0.1) is 5.10 Å². The van der Waals surface area contributed by atoms with Gasteiger partial charge < -0.3 is 4.90 Å². The van der Waals surface area contributed by atoms with Gasteiger partial charge in [0, 0.05) is 45.1 Å². The minimum absolute atomic E-state index is 0.0767. The SMILES string of the molecule is CCc1nnsc1C(=O)N1CCN(Cc2cccnc2)CC1. The second kappa shape index (κ2) is 6.93. The highest BCUT2D eigenvalue weighted by Crippen LogP contribution is 2.16. The molecule has 2 aromatic rings. The molecular weight excluding hydrogens is 298 g/mol. The van der Waals surface area contributed by atoms with Crippen molar-refractivity contribution in [2.24, 2.45) is 0 Å². The van der Waals surface area contributed by atoms with Gasteiger partial charge in [-0.05, 0) is 29.6 Å². The molecule has 3 heterocycles. The number of nitrogens with zero attached hydrogens (tertiary/aromatic N) is 5. The van der Waals surface area contributed by atoms with Crippen LogP contribution >= 0.6 is 11.5 Å². The van der Waals surface area contributed by atoms with E-state index in [-0.39, 0.29) is 5.91 Å². The molecule has 0 unspecified atom stereocenters. The molecule has 3 rings (SSSR count). The summed E-state index contributed by atoms with van der Waals surface area (Å²) in [5, 5.41) is 4.03. The van der Waals surface area contributed by atoms with E-state index >= 15 is 0 Å². The van der Waals surface area contributed by atoms with Crippen LogP contribution in [0.4, 0.5) is 0 Å². The molecule has 116 valence electrons. The monoisotopic (exact) mass is 317 g/mol. The summed E-state index contributed by atoms with van der Waals surface area (Å²) in [4.78, 5) is 21.6. The van der Waals surface area contributed by atoms with E-state index in [0.717, 1.165) is 44.8 Å². The lowest BCUT2D eigenvalue weighted by Gasteiger charge is -2.34. The summed E-state index contributed by atoms with van der Waals surface area (Å²) < 4.78 is 3.91. The standard InChI is InChI=1S/C15H19N5OS/c1-2-13-14(22-18-17-13)15(21)20-8-6-19(7-9-20)11-12-4-3-5-16-10-12/h3-5,10H,2,6-9,11H2,1H3. The zero-order valence-electron chi connectivity index (χ0n) is 12.6. The normalized spacial score (nSPS) is 16.0. The Hall–Kier alpha value is -1.86. The third kappa shape index (κ3) is 3.31. The van der Waals surface area contributed by atoms with Crippen molar-refractivity contribution in [3.8, 4) is 0 Å². The summed E-state index contributed by atoms with van der Waals surface area (Å²) in [6.45, 7) is 6.15. The molecule has 1 aliphatic heterocycles. The van der Waals surface area contributed by atoms with E-state index in [1.54, 1.807) is 6.20 Å². The van der Waals surface area contributed by atoms with Gasteiger partial charge >= 0.3 is 0 Å². The van der Waals surface area contributed by atoms with E-state index in [1.165, 1.54) is 17.1 Å². The third-order valence-corrected chi connectivity index (χ3v) is 4.63. The highest BCUT2D eigenvalue weighted by Gasteiger charge is 2.25. The summed E-state index contributed by atoms with van der Waals surface area (Å²) in [7, 11) is 0. The lowest BCUT2D eigenvalue weighted by Crippen LogP contribution is -2.48. The third-order valence-electron chi connectivity index (χ3n) is 3.87. The number of aryl methyl sites for hydroxylation is 1. The first-order valence-electron chi connectivity index (χ1n) is 7.49. The number of rotatable bonds is 4. The fourth-order valence-corrected chi connectivity index (χ4v) is 3.32. The van der Waals surface area contributed by atoms with Crippen molar-refractivity contribution in [2.45, 2.75) is 19.9 Å². The Morgan fingerprint density at radius 3 is 2.82 bits per heavy atom. The molecule has 0 bridgehead atoms. The Labute approximate surface area is 133 Å². The number of piperazine rings is 1. The lowest BCUT2D eigenvalue weighted by atomic mass is 10.2. The fourth-order valence-electron chi connectivity index (χ4n) is 2.60. The number of pyridine rings is 1. The highest BCUT2D eigenvalue weighted by atomic mass is 32.1. The van der Waals surface area contributed by atoms with Gasteiger partial charge in [0.05, 0.1) is 5.69 Å². The van der Waals surface area contributed by atoms with Crippen molar-refractivity contribution in [3.05, 3.63) is 40.7 Å². The van der Waals surface area contributed by atoms with Crippen molar-refractivity contribution in [1.29, 1.82) is 0 Å². The molecule has 7 heteroatoms. The molecule has 2 aromatic heterocycles. The van der Waals surface area contributed by atoms with Crippen LogP contribution in [0.2, 0.25) is 0 Å². The number of hydrogen-bond acceptors (Lipinski definition) is 6. The molecule has 1 saturated heterocycles. The van der Waals surface area contributed by atoms with Crippen molar-refractivity contribution < 1.29 is 4.79 Å². The number of hydrogen-bond donors (Lipinski definition) is 0. The van der Waals surface area contributed by atoms with Crippen LogP contribution in [0.5, 0.6) is 0 Å². The molecule has 0 saturated carbocycles. The summed E-state index contributed by atoms with van der Waals surface area (Å²) in [6, 6.07) is 4.04. The van der Waals surface area contributed by atoms with Gasteiger partial charge in [-0.25, -0.2) is 0 Å². The predicted molar refractivity (Wildman–Crippen MR) is 84.7 cm³/mol. The number of aromatic nitrogens is 3. The molecule has 1 amide bonds. The van der Waals surface area contributed by atoms with Crippen LogP contribution < -0.4 is 0 Å². The van der Waals surface area contributed by atoms with Crippen LogP contribution in [-0.2, 0) is 13.0 Å². The Balaban J connectivity index is 1.56. The van der Waals surface area contributed by atoms with Gasteiger partial charge in [-0.1, -0.05) is 17.5 Å². The van der Waals surface area contributed by atoms with Gasteiger partial charge in [0.15, 0.2) is 0 Å². The van der Waals surface area contributed by atoms with E-state index in [2.05, 4.69) is 25.5 Å². The smallest absolute Gasteiger partial charge is 0.267 e. The van der Waals surface area contributed by atoms with Crippen molar-refractivity contribution >= 4 is 17.4 Å². The zero-order valence-corrected chi connectivity index (χ0v) is 13.4. The minimum atomic E-state index is 0.0767. The molecule has 0 spiro atoms. The molecule has 0 radical (unpaired) electrons. The van der Waals surface area contributed by atoms with Gasteiger partial charge in [-0.3, -0.25) is 14.7 Å². The second-order valence-electron chi connectivity index (χ2n) is 5.33.